The fourth-order valence-electron chi connectivity index (χ4n) is 3.92. The molecule has 3 unspecified atom stereocenters. The van der Waals surface area contributed by atoms with Gasteiger partial charge in [0.25, 0.3) is 0 Å². The minimum atomic E-state index is 0.266. The number of nitrogens with one attached hydrogen (secondary N) is 2. The molecular formula is C15H24N2O. The van der Waals surface area contributed by atoms with Crippen LogP contribution in [0.5, 0.6) is 0 Å². The first-order valence-corrected chi connectivity index (χ1v) is 7.42. The zero-order valence-electron chi connectivity index (χ0n) is 11.2. The van der Waals surface area contributed by atoms with E-state index in [0.29, 0.717) is 29.8 Å². The minimum absolute atomic E-state index is 0.266. The lowest BCUT2D eigenvalue weighted by atomic mass is 9.89. The molecule has 2 bridgehead atoms. The largest absolute Gasteiger partial charge is 0.353 e. The van der Waals surface area contributed by atoms with Gasteiger partial charge in [-0.25, -0.2) is 0 Å². The highest BCUT2D eigenvalue weighted by molar-refractivity contribution is 5.80. The van der Waals surface area contributed by atoms with E-state index >= 15 is 0 Å². The summed E-state index contributed by atoms with van der Waals surface area (Å²) in [5, 5.41) is 6.62. The molecule has 2 saturated carbocycles. The van der Waals surface area contributed by atoms with Crippen LogP contribution in [0.3, 0.4) is 0 Å². The van der Waals surface area contributed by atoms with Gasteiger partial charge in [-0.1, -0.05) is 12.2 Å². The SMILES string of the molecule is CNC1CCC(NC(=O)C2CC3C=CC2C3)CC1. The van der Waals surface area contributed by atoms with E-state index in [1.165, 1.54) is 19.3 Å². The number of allylic oxidation sites excluding steroid dienone is 2. The van der Waals surface area contributed by atoms with Crippen molar-refractivity contribution in [1.29, 1.82) is 0 Å². The Balaban J connectivity index is 1.49. The Kier molecular flexibility index (Phi) is 3.42. The molecule has 2 fully saturated rings. The molecule has 3 rings (SSSR count). The lowest BCUT2D eigenvalue weighted by Crippen LogP contribution is -2.44. The standard InChI is InChI=1S/C15H24N2O/c1-16-12-4-6-13(7-5-12)17-15(18)14-9-10-2-3-11(14)8-10/h2-3,10-14,16H,4-9H2,1H3,(H,17,18). The van der Waals surface area contributed by atoms with Gasteiger partial charge in [0.2, 0.25) is 5.91 Å². The second-order valence-corrected chi connectivity index (χ2v) is 6.23. The first-order valence-electron chi connectivity index (χ1n) is 7.42. The summed E-state index contributed by atoms with van der Waals surface area (Å²) in [5.41, 5.74) is 0. The first-order chi connectivity index (χ1) is 8.76. The molecule has 3 aliphatic rings. The molecular weight excluding hydrogens is 224 g/mol. The zero-order chi connectivity index (χ0) is 12.5. The fraction of sp³-hybridized carbons (Fsp3) is 0.800. The van der Waals surface area contributed by atoms with Crippen LogP contribution in [0.2, 0.25) is 0 Å². The van der Waals surface area contributed by atoms with Gasteiger partial charge in [-0.3, -0.25) is 4.79 Å². The average Bonchev–Trinajstić information content (AvgIpc) is 3.02. The van der Waals surface area contributed by atoms with E-state index in [-0.39, 0.29) is 5.92 Å². The van der Waals surface area contributed by atoms with Crippen LogP contribution in [-0.2, 0) is 4.79 Å². The van der Waals surface area contributed by atoms with E-state index in [1.807, 2.05) is 7.05 Å². The van der Waals surface area contributed by atoms with Gasteiger partial charge in [0, 0.05) is 18.0 Å². The molecule has 3 nitrogen and oxygen atoms in total. The van der Waals surface area contributed by atoms with Gasteiger partial charge in [-0.05, 0) is 57.4 Å². The van der Waals surface area contributed by atoms with E-state index in [9.17, 15) is 4.79 Å². The van der Waals surface area contributed by atoms with Crippen molar-refractivity contribution >= 4 is 5.91 Å². The van der Waals surface area contributed by atoms with Crippen LogP contribution < -0.4 is 10.6 Å². The molecule has 0 heterocycles. The predicted molar refractivity (Wildman–Crippen MR) is 72.1 cm³/mol. The molecule has 0 radical (unpaired) electrons. The number of hydrogen-bond donors (Lipinski definition) is 2. The Bertz CT molecular complexity index is 344. The fourth-order valence-corrected chi connectivity index (χ4v) is 3.92. The summed E-state index contributed by atoms with van der Waals surface area (Å²) >= 11 is 0. The first kappa shape index (κ1) is 12.2. The van der Waals surface area contributed by atoms with E-state index in [2.05, 4.69) is 22.8 Å². The normalized spacial score (nSPS) is 42.2. The molecule has 3 heteroatoms. The predicted octanol–water partition coefficient (Wildman–Crippen LogP) is 1.85. The molecule has 3 aliphatic carbocycles. The highest BCUT2D eigenvalue weighted by Gasteiger charge is 2.40. The van der Waals surface area contributed by atoms with Gasteiger partial charge >= 0.3 is 0 Å². The van der Waals surface area contributed by atoms with Crippen LogP contribution in [0.4, 0.5) is 0 Å². The van der Waals surface area contributed by atoms with Crippen molar-refractivity contribution < 1.29 is 4.79 Å². The van der Waals surface area contributed by atoms with Crippen LogP contribution in [-0.4, -0.2) is 25.0 Å². The van der Waals surface area contributed by atoms with Crippen LogP contribution in [0, 0.1) is 17.8 Å². The summed E-state index contributed by atoms with van der Waals surface area (Å²) in [6.45, 7) is 0. The molecule has 100 valence electrons. The maximum Gasteiger partial charge on any atom is 0.223 e. The maximum absolute atomic E-state index is 12.3. The maximum atomic E-state index is 12.3. The van der Waals surface area contributed by atoms with Gasteiger partial charge < -0.3 is 10.6 Å². The van der Waals surface area contributed by atoms with Crippen molar-refractivity contribution in [3.8, 4) is 0 Å². The van der Waals surface area contributed by atoms with Crippen molar-refractivity contribution in [1.82, 2.24) is 10.6 Å². The van der Waals surface area contributed by atoms with E-state index in [0.717, 1.165) is 19.3 Å². The van der Waals surface area contributed by atoms with Crippen LogP contribution in [0.25, 0.3) is 0 Å². The molecule has 0 aromatic heterocycles. The number of carbonyl (C=O) groups excluding carboxylic acids is 1. The third-order valence-corrected chi connectivity index (χ3v) is 5.10. The van der Waals surface area contributed by atoms with E-state index < -0.39 is 0 Å². The molecule has 0 aromatic carbocycles. The van der Waals surface area contributed by atoms with Crippen LogP contribution >= 0.6 is 0 Å². The third kappa shape index (κ3) is 2.33. The smallest absolute Gasteiger partial charge is 0.223 e. The summed E-state index contributed by atoms with van der Waals surface area (Å²) in [6.07, 6.45) is 11.5. The molecule has 0 aliphatic heterocycles. The summed E-state index contributed by atoms with van der Waals surface area (Å²) < 4.78 is 0. The summed E-state index contributed by atoms with van der Waals surface area (Å²) in [4.78, 5) is 12.3. The van der Waals surface area contributed by atoms with Gasteiger partial charge in [-0.15, -0.1) is 0 Å². The number of amides is 1. The second kappa shape index (κ2) is 5.04. The summed E-state index contributed by atoms with van der Waals surface area (Å²) in [6, 6.07) is 1.08. The van der Waals surface area contributed by atoms with Gasteiger partial charge in [0.15, 0.2) is 0 Å². The van der Waals surface area contributed by atoms with Crippen molar-refractivity contribution in [3.63, 3.8) is 0 Å². The third-order valence-electron chi connectivity index (χ3n) is 5.10. The summed E-state index contributed by atoms with van der Waals surface area (Å²) in [7, 11) is 2.03. The monoisotopic (exact) mass is 248 g/mol. The Morgan fingerprint density at radius 2 is 1.78 bits per heavy atom. The quantitative estimate of drug-likeness (QED) is 0.748. The van der Waals surface area contributed by atoms with Crippen LogP contribution in [0.1, 0.15) is 38.5 Å². The number of rotatable bonds is 3. The second-order valence-electron chi connectivity index (χ2n) is 6.23. The van der Waals surface area contributed by atoms with Crippen molar-refractivity contribution in [2.24, 2.45) is 17.8 Å². The van der Waals surface area contributed by atoms with E-state index in [1.54, 1.807) is 0 Å². The van der Waals surface area contributed by atoms with Crippen molar-refractivity contribution in [3.05, 3.63) is 12.2 Å². The van der Waals surface area contributed by atoms with Crippen LogP contribution in [0.15, 0.2) is 12.2 Å². The molecule has 18 heavy (non-hydrogen) atoms. The van der Waals surface area contributed by atoms with Crippen molar-refractivity contribution in [2.45, 2.75) is 50.6 Å². The molecule has 2 N–H and O–H groups in total. The lowest BCUT2D eigenvalue weighted by Gasteiger charge is -2.30. The number of hydrogen-bond acceptors (Lipinski definition) is 2. The minimum Gasteiger partial charge on any atom is -0.353 e. The van der Waals surface area contributed by atoms with Gasteiger partial charge in [0.1, 0.15) is 0 Å². The van der Waals surface area contributed by atoms with E-state index in [4.69, 9.17) is 0 Å². The molecule has 0 spiro atoms. The molecule has 1 amide bonds. The average molecular weight is 248 g/mol. The number of carbonyl (C=O) groups is 1. The Morgan fingerprint density at radius 3 is 2.33 bits per heavy atom. The highest BCUT2D eigenvalue weighted by atomic mass is 16.2. The van der Waals surface area contributed by atoms with Gasteiger partial charge in [0.05, 0.1) is 0 Å². The Hall–Kier alpha value is -0.830. The topological polar surface area (TPSA) is 41.1 Å². The summed E-state index contributed by atoms with van der Waals surface area (Å²) in [5.74, 6) is 1.80. The Morgan fingerprint density at radius 1 is 1.06 bits per heavy atom. The van der Waals surface area contributed by atoms with Gasteiger partial charge in [-0.2, -0.15) is 0 Å². The van der Waals surface area contributed by atoms with Crippen molar-refractivity contribution in [2.75, 3.05) is 7.05 Å². The molecule has 0 aromatic rings. The molecule has 3 atom stereocenters. The Labute approximate surface area is 109 Å². The molecule has 0 saturated heterocycles. The highest BCUT2D eigenvalue weighted by Crippen LogP contribution is 2.43. The zero-order valence-corrected chi connectivity index (χ0v) is 11.2. The number of fused-ring (bicyclic) bond motifs is 2. The lowest BCUT2D eigenvalue weighted by molar-refractivity contribution is -0.126.